The summed E-state index contributed by atoms with van der Waals surface area (Å²) in [5.41, 5.74) is -1.39. The predicted octanol–water partition coefficient (Wildman–Crippen LogP) is 6.35. The average Bonchev–Trinajstić information content (AvgIpc) is 2.53. The molecule has 29 heavy (non-hydrogen) atoms. The van der Waals surface area contributed by atoms with Gasteiger partial charge < -0.3 is 19.5 Å². The summed E-state index contributed by atoms with van der Waals surface area (Å²) in [7, 11) is 0. The zero-order valence-corrected chi connectivity index (χ0v) is 19.2. The molecule has 0 heterocycles. The third kappa shape index (κ3) is 37.2. The van der Waals surface area contributed by atoms with Crippen molar-refractivity contribution in [2.24, 2.45) is 0 Å². The van der Waals surface area contributed by atoms with Crippen LogP contribution in [0.3, 0.4) is 0 Å². The molecular weight excluding hydrogens is 370 g/mol. The molecule has 0 aliphatic carbocycles. The second kappa shape index (κ2) is 19.0. The van der Waals surface area contributed by atoms with E-state index in [0.717, 1.165) is 25.9 Å². The first kappa shape index (κ1) is 31.4. The number of ether oxygens (including phenoxy) is 3. The number of unbranched alkanes of at least 4 members (excludes halogenated alkanes) is 2. The Balaban J connectivity index is -0.000000402. The molecule has 0 aliphatic heterocycles. The zero-order chi connectivity index (χ0) is 23.3. The molecule has 0 saturated carbocycles. The van der Waals surface area contributed by atoms with E-state index in [0.29, 0.717) is 0 Å². The summed E-state index contributed by atoms with van der Waals surface area (Å²) in [4.78, 5) is 22.0. The van der Waals surface area contributed by atoms with Crippen LogP contribution in [-0.4, -0.2) is 36.6 Å². The summed E-state index contributed by atoms with van der Waals surface area (Å²) < 4.78 is 13.8. The molecule has 0 radical (unpaired) electrons. The lowest BCUT2D eigenvalue weighted by molar-refractivity contribution is -0.0293. The van der Waals surface area contributed by atoms with Gasteiger partial charge in [-0.3, -0.25) is 0 Å². The minimum absolute atomic E-state index is 0.695. The van der Waals surface area contributed by atoms with E-state index in [1.165, 1.54) is 6.42 Å². The fourth-order valence-electron chi connectivity index (χ4n) is 1.30. The number of nitrogens with one attached hydrogen (secondary N) is 1. The number of rotatable bonds is 8. The van der Waals surface area contributed by atoms with Gasteiger partial charge in [0.25, 0.3) is 0 Å². The minimum Gasteiger partial charge on any atom is -0.428 e. The standard InChI is InChI=1S/C10H18O5.C7H12.C6H11N/c1-9(2,3)14-7(11)13-8(12)15-10(4,5)6;2*1-3-5-7-6-4-2/h1-6H3;3-4H,1-2,5-7H2;3-4,7H,1-2,5-6H2. The van der Waals surface area contributed by atoms with E-state index >= 15 is 0 Å². The van der Waals surface area contributed by atoms with Gasteiger partial charge in [0, 0.05) is 13.1 Å². The second-order valence-electron chi connectivity index (χ2n) is 7.77. The first-order valence-corrected chi connectivity index (χ1v) is 9.61. The monoisotopic (exact) mass is 411 g/mol. The maximum atomic E-state index is 11.0. The molecule has 0 aromatic heterocycles. The number of carbonyl (C=O) groups is 2. The van der Waals surface area contributed by atoms with Gasteiger partial charge >= 0.3 is 12.3 Å². The van der Waals surface area contributed by atoms with Crippen LogP contribution in [0.25, 0.3) is 0 Å². The SMILES string of the molecule is C=CCCCC=C.C=CCNCC=C.CC(C)(C)OC(=O)OC(=O)OC(C)(C)C. The fraction of sp³-hybridized carbons (Fsp3) is 0.565. The molecule has 0 fully saturated rings. The first-order valence-electron chi connectivity index (χ1n) is 9.61. The smallest absolute Gasteiger partial charge is 0.428 e. The molecule has 0 unspecified atom stereocenters. The Morgan fingerprint density at radius 1 is 0.724 bits per heavy atom. The third-order valence-electron chi connectivity index (χ3n) is 2.34. The zero-order valence-electron chi connectivity index (χ0n) is 19.2. The van der Waals surface area contributed by atoms with Crippen molar-refractivity contribution in [1.29, 1.82) is 0 Å². The average molecular weight is 412 g/mol. The molecule has 0 aromatic rings. The Kier molecular flexibility index (Phi) is 20.5. The molecular formula is C23H41NO5. The summed E-state index contributed by atoms with van der Waals surface area (Å²) in [6, 6.07) is 0. The maximum absolute atomic E-state index is 11.0. The van der Waals surface area contributed by atoms with Crippen molar-refractivity contribution in [3.8, 4) is 0 Å². The molecule has 0 saturated heterocycles. The highest BCUT2D eigenvalue weighted by Crippen LogP contribution is 2.11. The molecule has 0 aliphatic rings. The van der Waals surface area contributed by atoms with Gasteiger partial charge in [-0.1, -0.05) is 24.3 Å². The molecule has 0 rings (SSSR count). The van der Waals surface area contributed by atoms with Gasteiger partial charge in [0.1, 0.15) is 11.2 Å². The van der Waals surface area contributed by atoms with Gasteiger partial charge in [-0.25, -0.2) is 9.59 Å². The van der Waals surface area contributed by atoms with Crippen molar-refractivity contribution in [3.05, 3.63) is 50.6 Å². The number of hydrogen-bond donors (Lipinski definition) is 1. The van der Waals surface area contributed by atoms with E-state index in [1.807, 2.05) is 24.3 Å². The van der Waals surface area contributed by atoms with Crippen LogP contribution in [-0.2, 0) is 14.2 Å². The lowest BCUT2D eigenvalue weighted by atomic mass is 10.2. The van der Waals surface area contributed by atoms with Gasteiger partial charge in [-0.15, -0.1) is 26.3 Å². The Hall–Kier alpha value is -2.34. The van der Waals surface area contributed by atoms with Gasteiger partial charge in [-0.05, 0) is 60.8 Å². The Morgan fingerprint density at radius 2 is 1.07 bits per heavy atom. The second-order valence-corrected chi connectivity index (χ2v) is 7.77. The summed E-state index contributed by atoms with van der Waals surface area (Å²) in [6.07, 6.45) is 8.83. The van der Waals surface area contributed by atoms with Gasteiger partial charge in [-0.2, -0.15) is 0 Å². The Morgan fingerprint density at radius 3 is 1.31 bits per heavy atom. The highest BCUT2D eigenvalue weighted by Gasteiger charge is 2.24. The molecule has 168 valence electrons. The van der Waals surface area contributed by atoms with Crippen LogP contribution in [0, 0.1) is 0 Å². The van der Waals surface area contributed by atoms with E-state index in [9.17, 15) is 9.59 Å². The lowest BCUT2D eigenvalue weighted by Crippen LogP contribution is -2.29. The molecule has 0 atom stereocenters. The van der Waals surface area contributed by atoms with Crippen LogP contribution >= 0.6 is 0 Å². The lowest BCUT2D eigenvalue weighted by Gasteiger charge is -2.20. The summed E-state index contributed by atoms with van der Waals surface area (Å²) in [5.74, 6) is 0. The quantitative estimate of drug-likeness (QED) is 0.217. The van der Waals surface area contributed by atoms with Crippen LogP contribution in [0.15, 0.2) is 50.6 Å². The van der Waals surface area contributed by atoms with Gasteiger partial charge in [0.05, 0.1) is 0 Å². The van der Waals surface area contributed by atoms with Crippen molar-refractivity contribution in [1.82, 2.24) is 5.32 Å². The Labute approximate surface area is 177 Å². The molecule has 1 N–H and O–H groups in total. The van der Waals surface area contributed by atoms with Crippen molar-refractivity contribution >= 4 is 12.3 Å². The number of hydrogen-bond acceptors (Lipinski definition) is 6. The molecule has 0 aromatic carbocycles. The highest BCUT2D eigenvalue weighted by atomic mass is 16.8. The van der Waals surface area contributed by atoms with Gasteiger partial charge in [0.2, 0.25) is 0 Å². The highest BCUT2D eigenvalue weighted by molar-refractivity contribution is 5.77. The van der Waals surface area contributed by atoms with Crippen molar-refractivity contribution in [2.75, 3.05) is 13.1 Å². The minimum atomic E-state index is -1.06. The fourth-order valence-corrected chi connectivity index (χ4v) is 1.30. The van der Waals surface area contributed by atoms with E-state index < -0.39 is 23.5 Å². The largest absolute Gasteiger partial charge is 0.519 e. The van der Waals surface area contributed by atoms with Crippen LogP contribution in [0.1, 0.15) is 60.8 Å². The number of allylic oxidation sites excluding steroid dienone is 2. The Bertz CT molecular complexity index is 424. The van der Waals surface area contributed by atoms with Crippen molar-refractivity contribution < 1.29 is 23.8 Å². The van der Waals surface area contributed by atoms with E-state index in [-0.39, 0.29) is 0 Å². The molecule has 6 nitrogen and oxygen atoms in total. The first-order chi connectivity index (χ1) is 13.3. The predicted molar refractivity (Wildman–Crippen MR) is 121 cm³/mol. The summed E-state index contributed by atoms with van der Waals surface area (Å²) in [5, 5.41) is 3.05. The van der Waals surface area contributed by atoms with Crippen LogP contribution < -0.4 is 5.32 Å². The number of carbonyl (C=O) groups excluding carboxylic acids is 2. The van der Waals surface area contributed by atoms with Crippen LogP contribution in [0.2, 0.25) is 0 Å². The molecule has 6 heteroatoms. The van der Waals surface area contributed by atoms with Gasteiger partial charge in [0.15, 0.2) is 0 Å². The van der Waals surface area contributed by atoms with Crippen LogP contribution in [0.5, 0.6) is 0 Å². The maximum Gasteiger partial charge on any atom is 0.519 e. The van der Waals surface area contributed by atoms with E-state index in [2.05, 4.69) is 36.4 Å². The van der Waals surface area contributed by atoms with Crippen molar-refractivity contribution in [2.45, 2.75) is 72.0 Å². The molecule has 0 spiro atoms. The molecule has 0 amide bonds. The van der Waals surface area contributed by atoms with Crippen molar-refractivity contribution in [3.63, 3.8) is 0 Å². The summed E-state index contributed by atoms with van der Waals surface area (Å²) >= 11 is 0. The van der Waals surface area contributed by atoms with E-state index in [1.54, 1.807) is 41.5 Å². The topological polar surface area (TPSA) is 73.9 Å². The van der Waals surface area contributed by atoms with Crippen LogP contribution in [0.4, 0.5) is 9.59 Å². The van der Waals surface area contributed by atoms with E-state index in [4.69, 9.17) is 9.47 Å². The molecule has 0 bridgehead atoms. The normalized spacial score (nSPS) is 10.0. The third-order valence-corrected chi connectivity index (χ3v) is 2.34. The summed E-state index contributed by atoms with van der Waals surface area (Å²) in [6.45, 7) is 26.0.